The highest BCUT2D eigenvalue weighted by molar-refractivity contribution is 7.19. The van der Waals surface area contributed by atoms with Gasteiger partial charge in [-0.1, -0.05) is 23.5 Å². The Morgan fingerprint density at radius 2 is 1.80 bits per heavy atom. The first-order valence-corrected chi connectivity index (χ1v) is 14.1. The van der Waals surface area contributed by atoms with E-state index in [1.165, 1.54) is 11.3 Å². The predicted molar refractivity (Wildman–Crippen MR) is 154 cm³/mol. The Balaban J connectivity index is 0.00000118. The third-order valence-corrected chi connectivity index (χ3v) is 7.99. The van der Waals surface area contributed by atoms with Gasteiger partial charge in [-0.2, -0.15) is 5.26 Å². The van der Waals surface area contributed by atoms with E-state index in [1.54, 1.807) is 6.07 Å². The molecule has 0 radical (unpaired) electrons. The zero-order valence-corrected chi connectivity index (χ0v) is 23.6. The molecule has 0 atom stereocenters. The number of carboxylic acid groups (broad SMARTS) is 1. The zero-order chi connectivity index (χ0) is 28.5. The van der Waals surface area contributed by atoms with Crippen LogP contribution < -0.4 is 5.32 Å². The van der Waals surface area contributed by atoms with E-state index in [4.69, 9.17) is 19.6 Å². The van der Waals surface area contributed by atoms with Crippen molar-refractivity contribution >= 4 is 29.0 Å². The number of thiazole rings is 1. The van der Waals surface area contributed by atoms with Crippen molar-refractivity contribution in [1.29, 1.82) is 5.26 Å². The molecule has 0 saturated carbocycles. The summed E-state index contributed by atoms with van der Waals surface area (Å²) in [7, 11) is 0. The van der Waals surface area contributed by atoms with Crippen LogP contribution in [0.4, 0.5) is 9.93 Å². The van der Waals surface area contributed by atoms with E-state index in [1.807, 2.05) is 49.1 Å². The van der Waals surface area contributed by atoms with Crippen LogP contribution in [0.25, 0.3) is 21.7 Å². The molecule has 4 heterocycles. The molecule has 0 aliphatic carbocycles. The van der Waals surface area contributed by atoms with Gasteiger partial charge in [-0.3, -0.25) is 20.0 Å². The second kappa shape index (κ2) is 14.0. The van der Waals surface area contributed by atoms with Gasteiger partial charge in [-0.15, -0.1) is 0 Å². The van der Waals surface area contributed by atoms with Crippen molar-refractivity contribution < 1.29 is 19.4 Å². The van der Waals surface area contributed by atoms with Crippen LogP contribution in [0.15, 0.2) is 36.4 Å². The van der Waals surface area contributed by atoms with Crippen molar-refractivity contribution in [1.82, 2.24) is 19.8 Å². The van der Waals surface area contributed by atoms with Gasteiger partial charge in [0.15, 0.2) is 5.13 Å². The number of morpholine rings is 1. The number of anilines is 1. The number of nitrogens with one attached hydrogen (secondary N) is 1. The number of rotatable bonds is 5. The highest BCUT2D eigenvalue weighted by Crippen LogP contribution is 2.40. The fraction of sp³-hybridized carbons (Fsp3) is 0.414. The quantitative estimate of drug-likeness (QED) is 0.430. The number of carbonyl (C=O) groups excluding carboxylic acids is 1. The van der Waals surface area contributed by atoms with Crippen LogP contribution in [0.3, 0.4) is 0 Å². The topological polar surface area (TPSA) is 132 Å². The van der Waals surface area contributed by atoms with Crippen molar-refractivity contribution in [3.05, 3.63) is 53.3 Å². The molecule has 0 unspecified atom stereocenters. The normalized spacial score (nSPS) is 16.0. The number of pyridine rings is 1. The number of hydrogen-bond donors (Lipinski definition) is 2. The average Bonchev–Trinajstić information content (AvgIpc) is 3.38. The van der Waals surface area contributed by atoms with E-state index in [2.05, 4.69) is 21.3 Å². The van der Waals surface area contributed by atoms with E-state index in [-0.39, 0.29) is 12.5 Å². The van der Waals surface area contributed by atoms with Gasteiger partial charge >= 0.3 is 6.03 Å². The van der Waals surface area contributed by atoms with E-state index >= 15 is 0 Å². The van der Waals surface area contributed by atoms with Gasteiger partial charge in [-0.05, 0) is 62.4 Å². The molecule has 11 heteroatoms. The highest BCUT2D eigenvalue weighted by atomic mass is 32.1. The molecule has 2 amide bonds. The van der Waals surface area contributed by atoms with Gasteiger partial charge in [0.1, 0.15) is 0 Å². The van der Waals surface area contributed by atoms with Gasteiger partial charge in [0.2, 0.25) is 0 Å². The number of likely N-dealkylation sites (tertiary alicyclic amines) is 1. The molecule has 2 fully saturated rings. The summed E-state index contributed by atoms with van der Waals surface area (Å²) in [4.78, 5) is 36.2. The first kappa shape index (κ1) is 29.1. The summed E-state index contributed by atoms with van der Waals surface area (Å²) in [5.74, 6) is 0.616. The number of ether oxygens (including phenoxy) is 1. The Bertz CT molecular complexity index is 1340. The molecule has 2 aliphatic rings. The average molecular weight is 563 g/mol. The molecule has 0 bridgehead atoms. The second-order valence-electron chi connectivity index (χ2n) is 9.91. The van der Waals surface area contributed by atoms with Gasteiger partial charge in [0.25, 0.3) is 6.47 Å². The lowest BCUT2D eigenvalue weighted by Crippen LogP contribution is -2.45. The summed E-state index contributed by atoms with van der Waals surface area (Å²) >= 11 is 1.46. The van der Waals surface area contributed by atoms with E-state index < -0.39 is 0 Å². The molecule has 2 aromatic heterocycles. The van der Waals surface area contributed by atoms with Crippen molar-refractivity contribution in [2.75, 3.05) is 51.3 Å². The Hall–Kier alpha value is -3.85. The number of aryl methyl sites for hydroxylation is 2. The van der Waals surface area contributed by atoms with Crippen LogP contribution in [0, 0.1) is 31.1 Å². The number of nitrogens with zero attached hydrogens (tertiary/aromatic N) is 5. The van der Waals surface area contributed by atoms with Crippen molar-refractivity contribution in [3.8, 4) is 27.8 Å². The molecule has 0 spiro atoms. The summed E-state index contributed by atoms with van der Waals surface area (Å²) in [6, 6.07) is 13.6. The summed E-state index contributed by atoms with van der Waals surface area (Å²) < 4.78 is 5.46. The van der Waals surface area contributed by atoms with Crippen molar-refractivity contribution in [3.63, 3.8) is 0 Å². The van der Waals surface area contributed by atoms with Crippen molar-refractivity contribution in [2.24, 2.45) is 5.92 Å². The number of hydrogen-bond acceptors (Lipinski definition) is 8. The minimum atomic E-state index is -0.250. The predicted octanol–water partition coefficient (Wildman–Crippen LogP) is 4.64. The summed E-state index contributed by atoms with van der Waals surface area (Å²) in [6.45, 7) is 9.92. The fourth-order valence-corrected chi connectivity index (χ4v) is 6.07. The van der Waals surface area contributed by atoms with Gasteiger partial charge < -0.3 is 14.7 Å². The molecule has 10 nitrogen and oxygen atoms in total. The van der Waals surface area contributed by atoms with E-state index in [9.17, 15) is 10.1 Å². The lowest BCUT2D eigenvalue weighted by atomic mass is 9.96. The third-order valence-electron chi connectivity index (χ3n) is 6.97. The smallest absolute Gasteiger partial charge is 0.323 e. The number of benzene rings is 1. The number of piperidine rings is 1. The summed E-state index contributed by atoms with van der Waals surface area (Å²) in [5.41, 5.74) is 5.03. The van der Waals surface area contributed by atoms with Crippen LogP contribution in [-0.4, -0.2) is 83.3 Å². The van der Waals surface area contributed by atoms with Gasteiger partial charge in [0, 0.05) is 49.7 Å². The molecule has 40 heavy (non-hydrogen) atoms. The standard InChI is InChI=1S/C28H32N6O2S.CH2O2/c1-19-14-24(15-20(2)30-19)26-25(23-5-3-4-22(16-23)17-29)31-27(37-26)32-28(35)34-8-6-21(7-9-34)18-33-10-12-36-13-11-33;2-1-3/h3-5,14-16,21H,6-13,18H2,1-2H3,(H,31,32,35);1H,(H,2,3). The van der Waals surface area contributed by atoms with E-state index in [0.29, 0.717) is 16.6 Å². The Kier molecular flexibility index (Phi) is 10.2. The largest absolute Gasteiger partial charge is 0.483 e. The molecule has 5 rings (SSSR count). The second-order valence-corrected chi connectivity index (χ2v) is 10.9. The van der Waals surface area contributed by atoms with E-state index in [0.717, 1.165) is 91.9 Å². The highest BCUT2D eigenvalue weighted by Gasteiger charge is 2.26. The molecule has 2 N–H and O–H groups in total. The Morgan fingerprint density at radius 3 is 2.45 bits per heavy atom. The molecular formula is C29H34N6O4S. The van der Waals surface area contributed by atoms with Crippen LogP contribution in [0.1, 0.15) is 29.8 Å². The van der Waals surface area contributed by atoms with Crippen LogP contribution in [0.5, 0.6) is 0 Å². The molecule has 1 aromatic carbocycles. The molecule has 3 aromatic rings. The molecular weight excluding hydrogens is 528 g/mol. The molecule has 2 aliphatic heterocycles. The number of amides is 2. The van der Waals surface area contributed by atoms with Gasteiger partial charge in [-0.25, -0.2) is 9.78 Å². The first-order chi connectivity index (χ1) is 19.4. The maximum absolute atomic E-state index is 13.2. The number of urea groups is 1. The fourth-order valence-electron chi connectivity index (χ4n) is 5.10. The minimum Gasteiger partial charge on any atom is -0.483 e. The van der Waals surface area contributed by atoms with Crippen LogP contribution in [0.2, 0.25) is 0 Å². The number of aromatic nitrogens is 2. The molecule has 210 valence electrons. The maximum Gasteiger partial charge on any atom is 0.323 e. The van der Waals surface area contributed by atoms with Crippen LogP contribution >= 0.6 is 11.3 Å². The maximum atomic E-state index is 13.2. The minimum absolute atomic E-state index is 0.107. The number of carbonyl (C=O) groups is 2. The first-order valence-electron chi connectivity index (χ1n) is 13.3. The lowest BCUT2D eigenvalue weighted by Gasteiger charge is -2.35. The zero-order valence-electron chi connectivity index (χ0n) is 22.8. The van der Waals surface area contributed by atoms with Gasteiger partial charge in [0.05, 0.1) is 35.4 Å². The summed E-state index contributed by atoms with van der Waals surface area (Å²) in [6.07, 6.45) is 2.02. The number of nitriles is 1. The SMILES string of the molecule is Cc1cc(-c2sc(NC(=O)N3CCC(CN4CCOCC4)CC3)nc2-c2cccc(C#N)c2)cc(C)n1.O=CO. The Morgan fingerprint density at radius 1 is 1.12 bits per heavy atom. The summed E-state index contributed by atoms with van der Waals surface area (Å²) in [5, 5.41) is 19.9. The third kappa shape index (κ3) is 7.63. The monoisotopic (exact) mass is 562 g/mol. The lowest BCUT2D eigenvalue weighted by molar-refractivity contribution is -0.122. The van der Waals surface area contributed by atoms with Crippen LogP contribution in [-0.2, 0) is 9.53 Å². The Labute approximate surface area is 238 Å². The molecule has 2 saturated heterocycles. The van der Waals surface area contributed by atoms with Crippen molar-refractivity contribution in [2.45, 2.75) is 26.7 Å².